The molecule has 2 rings (SSSR count). The van der Waals surface area contributed by atoms with Gasteiger partial charge in [0.1, 0.15) is 0 Å². The van der Waals surface area contributed by atoms with Crippen molar-refractivity contribution in [3.05, 3.63) is 30.1 Å². The summed E-state index contributed by atoms with van der Waals surface area (Å²) < 4.78 is 0. The highest BCUT2D eigenvalue weighted by atomic mass is 16.4. The molecule has 1 fully saturated rings. The highest BCUT2D eigenvalue weighted by molar-refractivity contribution is 5.75. The van der Waals surface area contributed by atoms with E-state index in [2.05, 4.69) is 10.3 Å². The van der Waals surface area contributed by atoms with Crippen molar-refractivity contribution in [1.82, 2.24) is 15.2 Å². The van der Waals surface area contributed by atoms with E-state index in [1.165, 1.54) is 0 Å². The molecule has 1 aliphatic rings. The second-order valence-corrected chi connectivity index (χ2v) is 6.15. The lowest BCUT2D eigenvalue weighted by Gasteiger charge is -2.32. The van der Waals surface area contributed by atoms with Crippen LogP contribution in [-0.4, -0.2) is 40.1 Å². The van der Waals surface area contributed by atoms with E-state index < -0.39 is 5.97 Å². The third-order valence-corrected chi connectivity index (χ3v) is 4.67. The predicted octanol–water partition coefficient (Wildman–Crippen LogP) is 2.82. The van der Waals surface area contributed by atoms with Crippen molar-refractivity contribution in [2.24, 2.45) is 5.92 Å². The van der Waals surface area contributed by atoms with Crippen LogP contribution in [0.25, 0.3) is 0 Å². The summed E-state index contributed by atoms with van der Waals surface area (Å²) in [6.07, 6.45) is 7.00. The third kappa shape index (κ3) is 4.43. The zero-order valence-electron chi connectivity index (χ0n) is 13.7. The largest absolute Gasteiger partial charge is 0.481 e. The van der Waals surface area contributed by atoms with Crippen LogP contribution in [0.5, 0.6) is 0 Å². The van der Waals surface area contributed by atoms with Crippen LogP contribution in [0.4, 0.5) is 4.79 Å². The first-order chi connectivity index (χ1) is 11.0. The fourth-order valence-corrected chi connectivity index (χ4v) is 3.22. The van der Waals surface area contributed by atoms with Crippen LogP contribution in [0.2, 0.25) is 0 Å². The van der Waals surface area contributed by atoms with E-state index in [-0.39, 0.29) is 24.0 Å². The van der Waals surface area contributed by atoms with E-state index in [1.54, 1.807) is 24.3 Å². The summed E-state index contributed by atoms with van der Waals surface area (Å²) in [5, 5.41) is 12.1. The molecule has 0 aromatic carbocycles. The average molecular weight is 319 g/mol. The molecule has 6 nitrogen and oxygen atoms in total. The SMILES string of the molecule is CCC(c1ccncc1)N(C)C(=O)NC1CCC(C(=O)O)CC1. The van der Waals surface area contributed by atoms with E-state index in [1.807, 2.05) is 19.1 Å². The van der Waals surface area contributed by atoms with Gasteiger partial charge in [-0.2, -0.15) is 0 Å². The molecule has 1 aromatic rings. The van der Waals surface area contributed by atoms with Gasteiger partial charge in [-0.15, -0.1) is 0 Å². The number of aliphatic carboxylic acids is 1. The van der Waals surface area contributed by atoms with Crippen LogP contribution in [0.1, 0.15) is 50.6 Å². The molecule has 1 saturated carbocycles. The van der Waals surface area contributed by atoms with Crippen LogP contribution in [-0.2, 0) is 4.79 Å². The normalized spacial score (nSPS) is 22.2. The molecule has 0 radical (unpaired) electrons. The van der Waals surface area contributed by atoms with Crippen LogP contribution >= 0.6 is 0 Å². The highest BCUT2D eigenvalue weighted by Gasteiger charge is 2.28. The van der Waals surface area contributed by atoms with Crippen molar-refractivity contribution in [3.63, 3.8) is 0 Å². The number of urea groups is 1. The van der Waals surface area contributed by atoms with Gasteiger partial charge in [0.2, 0.25) is 0 Å². The quantitative estimate of drug-likeness (QED) is 0.874. The number of carbonyl (C=O) groups is 2. The van der Waals surface area contributed by atoms with Crippen LogP contribution < -0.4 is 5.32 Å². The van der Waals surface area contributed by atoms with Crippen molar-refractivity contribution >= 4 is 12.0 Å². The second-order valence-electron chi connectivity index (χ2n) is 6.15. The first-order valence-electron chi connectivity index (χ1n) is 8.19. The lowest BCUT2D eigenvalue weighted by Crippen LogP contribution is -2.46. The summed E-state index contributed by atoms with van der Waals surface area (Å²) in [6, 6.07) is 3.82. The van der Waals surface area contributed by atoms with Gasteiger partial charge in [0.05, 0.1) is 12.0 Å². The number of hydrogen-bond acceptors (Lipinski definition) is 3. The molecule has 0 bridgehead atoms. The number of carbonyl (C=O) groups excluding carboxylic acids is 1. The molecular formula is C17H25N3O3. The number of hydrogen-bond donors (Lipinski definition) is 2. The Morgan fingerprint density at radius 3 is 2.43 bits per heavy atom. The Morgan fingerprint density at radius 1 is 1.30 bits per heavy atom. The summed E-state index contributed by atoms with van der Waals surface area (Å²) in [5.41, 5.74) is 1.06. The molecule has 1 heterocycles. The molecule has 23 heavy (non-hydrogen) atoms. The maximum atomic E-state index is 12.5. The minimum Gasteiger partial charge on any atom is -0.481 e. The van der Waals surface area contributed by atoms with Crippen molar-refractivity contribution in [2.75, 3.05) is 7.05 Å². The number of nitrogens with one attached hydrogen (secondary N) is 1. The summed E-state index contributed by atoms with van der Waals surface area (Å²) >= 11 is 0. The van der Waals surface area contributed by atoms with Crippen LogP contribution in [0.15, 0.2) is 24.5 Å². The molecule has 1 unspecified atom stereocenters. The molecular weight excluding hydrogens is 294 g/mol. The molecule has 1 aliphatic carbocycles. The first-order valence-corrected chi connectivity index (χ1v) is 8.19. The maximum Gasteiger partial charge on any atom is 0.317 e. The highest BCUT2D eigenvalue weighted by Crippen LogP contribution is 2.26. The molecule has 2 amide bonds. The zero-order valence-corrected chi connectivity index (χ0v) is 13.7. The van der Waals surface area contributed by atoms with Crippen LogP contribution in [0.3, 0.4) is 0 Å². The van der Waals surface area contributed by atoms with Gasteiger partial charge < -0.3 is 15.3 Å². The van der Waals surface area contributed by atoms with Gasteiger partial charge >= 0.3 is 12.0 Å². The van der Waals surface area contributed by atoms with Crippen molar-refractivity contribution in [3.8, 4) is 0 Å². The van der Waals surface area contributed by atoms with Gasteiger partial charge in [0, 0.05) is 25.5 Å². The van der Waals surface area contributed by atoms with E-state index in [0.717, 1.165) is 24.8 Å². The third-order valence-electron chi connectivity index (χ3n) is 4.67. The maximum absolute atomic E-state index is 12.5. The van der Waals surface area contributed by atoms with Gasteiger partial charge in [-0.3, -0.25) is 9.78 Å². The summed E-state index contributed by atoms with van der Waals surface area (Å²) in [4.78, 5) is 29.2. The van der Waals surface area contributed by atoms with Gasteiger partial charge in [-0.25, -0.2) is 4.79 Å². The van der Waals surface area contributed by atoms with E-state index in [0.29, 0.717) is 12.8 Å². The van der Waals surface area contributed by atoms with Gasteiger partial charge in [0.25, 0.3) is 0 Å². The Bertz CT molecular complexity index is 527. The van der Waals surface area contributed by atoms with Gasteiger partial charge in [-0.05, 0) is 49.8 Å². The number of carboxylic acids is 1. The lowest BCUT2D eigenvalue weighted by atomic mass is 9.86. The fraction of sp³-hybridized carbons (Fsp3) is 0.588. The molecule has 126 valence electrons. The molecule has 0 spiro atoms. The summed E-state index contributed by atoms with van der Waals surface area (Å²) in [5.74, 6) is -0.989. The number of nitrogens with zero attached hydrogens (tertiary/aromatic N) is 2. The van der Waals surface area contributed by atoms with Gasteiger partial charge in [-0.1, -0.05) is 6.92 Å². The van der Waals surface area contributed by atoms with E-state index >= 15 is 0 Å². The Morgan fingerprint density at radius 2 is 1.91 bits per heavy atom. The fourth-order valence-electron chi connectivity index (χ4n) is 3.22. The number of carboxylic acid groups (broad SMARTS) is 1. The number of aromatic nitrogens is 1. The van der Waals surface area contributed by atoms with Crippen molar-refractivity contribution < 1.29 is 14.7 Å². The molecule has 0 aliphatic heterocycles. The first kappa shape index (κ1) is 17.2. The number of pyridine rings is 1. The molecule has 1 atom stereocenters. The Kier molecular flexibility index (Phi) is 5.96. The number of amides is 2. The Hall–Kier alpha value is -2.11. The minimum absolute atomic E-state index is 0.00774. The molecule has 0 saturated heterocycles. The summed E-state index contributed by atoms with van der Waals surface area (Å²) in [7, 11) is 1.80. The summed E-state index contributed by atoms with van der Waals surface area (Å²) in [6.45, 7) is 2.05. The van der Waals surface area contributed by atoms with Crippen molar-refractivity contribution in [2.45, 2.75) is 51.1 Å². The monoisotopic (exact) mass is 319 g/mol. The number of rotatable bonds is 5. The lowest BCUT2D eigenvalue weighted by molar-refractivity contribution is -0.142. The standard InChI is InChI=1S/C17H25N3O3/c1-3-15(12-8-10-18-11-9-12)20(2)17(23)19-14-6-4-13(5-7-14)16(21)22/h8-11,13-15H,3-7H2,1-2H3,(H,19,23)(H,21,22). The van der Waals surface area contributed by atoms with Crippen molar-refractivity contribution in [1.29, 1.82) is 0 Å². The second kappa shape index (κ2) is 7.94. The van der Waals surface area contributed by atoms with E-state index in [9.17, 15) is 9.59 Å². The molecule has 6 heteroatoms. The minimum atomic E-state index is -0.726. The molecule has 2 N–H and O–H groups in total. The van der Waals surface area contributed by atoms with Crippen LogP contribution in [0, 0.1) is 5.92 Å². The average Bonchev–Trinajstić information content (AvgIpc) is 2.57. The smallest absolute Gasteiger partial charge is 0.317 e. The zero-order chi connectivity index (χ0) is 16.8. The molecule has 1 aromatic heterocycles. The Labute approximate surface area is 136 Å². The Balaban J connectivity index is 1.91. The predicted molar refractivity (Wildman–Crippen MR) is 86.9 cm³/mol. The van der Waals surface area contributed by atoms with E-state index in [4.69, 9.17) is 5.11 Å². The topological polar surface area (TPSA) is 82.5 Å². The van der Waals surface area contributed by atoms with Gasteiger partial charge in [0.15, 0.2) is 0 Å².